The number of hydrogen-bond donors (Lipinski definition) is 4. The monoisotopic (exact) mass is 375 g/mol. The van der Waals surface area contributed by atoms with Crippen LogP contribution in [-0.2, 0) is 0 Å². The molecule has 2 aromatic carbocycles. The molecule has 28 heavy (non-hydrogen) atoms. The Labute approximate surface area is 162 Å². The maximum absolute atomic E-state index is 11.8. The van der Waals surface area contributed by atoms with Crippen molar-refractivity contribution in [3.63, 3.8) is 0 Å². The van der Waals surface area contributed by atoms with Gasteiger partial charge in [-0.1, -0.05) is 12.1 Å². The zero-order valence-electron chi connectivity index (χ0n) is 15.2. The maximum Gasteiger partial charge on any atom is 0.319 e. The van der Waals surface area contributed by atoms with Crippen LogP contribution in [0.3, 0.4) is 0 Å². The quantitative estimate of drug-likeness (QED) is 0.476. The molecule has 1 saturated carbocycles. The van der Waals surface area contributed by atoms with Gasteiger partial charge in [0.1, 0.15) is 17.3 Å². The molecule has 1 aliphatic rings. The van der Waals surface area contributed by atoms with Crippen LogP contribution in [0, 0.1) is 0 Å². The summed E-state index contributed by atoms with van der Waals surface area (Å²) in [5, 5.41) is 8.87. The number of nitrogen functional groups attached to an aromatic ring is 1. The van der Waals surface area contributed by atoms with E-state index in [2.05, 4.69) is 20.9 Å². The number of para-hydroxylation sites is 2. The molecular formula is C21H21N5O2. The van der Waals surface area contributed by atoms with Gasteiger partial charge in [0, 0.05) is 24.0 Å². The van der Waals surface area contributed by atoms with E-state index < -0.39 is 0 Å². The van der Waals surface area contributed by atoms with Crippen LogP contribution in [0.4, 0.5) is 27.7 Å². The maximum atomic E-state index is 11.8. The fourth-order valence-corrected chi connectivity index (χ4v) is 2.61. The van der Waals surface area contributed by atoms with Crippen LogP contribution in [-0.4, -0.2) is 17.1 Å². The fourth-order valence-electron chi connectivity index (χ4n) is 2.61. The number of ether oxygens (including phenoxy) is 1. The van der Waals surface area contributed by atoms with Crippen LogP contribution >= 0.6 is 0 Å². The Morgan fingerprint density at radius 2 is 1.82 bits per heavy atom. The average molecular weight is 375 g/mol. The van der Waals surface area contributed by atoms with Gasteiger partial charge in [0.25, 0.3) is 0 Å². The molecular weight excluding hydrogens is 354 g/mol. The van der Waals surface area contributed by atoms with Gasteiger partial charge in [-0.2, -0.15) is 0 Å². The van der Waals surface area contributed by atoms with Crippen molar-refractivity contribution in [2.24, 2.45) is 0 Å². The Morgan fingerprint density at radius 1 is 1.04 bits per heavy atom. The van der Waals surface area contributed by atoms with Crippen LogP contribution in [0.15, 0.2) is 66.9 Å². The van der Waals surface area contributed by atoms with Crippen molar-refractivity contribution < 1.29 is 9.53 Å². The van der Waals surface area contributed by atoms with E-state index in [4.69, 9.17) is 10.5 Å². The Hall–Kier alpha value is -3.74. The molecule has 5 N–H and O–H groups in total. The Kier molecular flexibility index (Phi) is 4.97. The van der Waals surface area contributed by atoms with Crippen LogP contribution in [0.25, 0.3) is 0 Å². The molecule has 0 atom stereocenters. The van der Waals surface area contributed by atoms with E-state index in [-0.39, 0.29) is 6.03 Å². The number of carbonyl (C=O) groups excluding carboxylic acids is 1. The summed E-state index contributed by atoms with van der Waals surface area (Å²) in [6, 6.07) is 18.4. The molecule has 0 radical (unpaired) electrons. The predicted octanol–water partition coefficient (Wildman–Crippen LogP) is 4.48. The normalized spacial score (nSPS) is 12.9. The summed E-state index contributed by atoms with van der Waals surface area (Å²) >= 11 is 0. The third kappa shape index (κ3) is 4.70. The predicted molar refractivity (Wildman–Crippen MR) is 110 cm³/mol. The van der Waals surface area contributed by atoms with E-state index in [0.29, 0.717) is 34.7 Å². The van der Waals surface area contributed by atoms with Crippen molar-refractivity contribution >= 4 is 28.9 Å². The number of urea groups is 1. The van der Waals surface area contributed by atoms with Crippen molar-refractivity contribution in [1.82, 2.24) is 10.3 Å². The molecule has 0 bridgehead atoms. The molecule has 3 aromatic rings. The molecule has 142 valence electrons. The van der Waals surface area contributed by atoms with Crippen molar-refractivity contribution in [2.45, 2.75) is 18.9 Å². The highest BCUT2D eigenvalue weighted by Crippen LogP contribution is 2.27. The van der Waals surface area contributed by atoms with Crippen LogP contribution in [0.2, 0.25) is 0 Å². The van der Waals surface area contributed by atoms with Gasteiger partial charge in [-0.3, -0.25) is 0 Å². The third-order valence-electron chi connectivity index (χ3n) is 4.22. The summed E-state index contributed by atoms with van der Waals surface area (Å²) in [4.78, 5) is 16.1. The van der Waals surface area contributed by atoms with Crippen LogP contribution in [0.5, 0.6) is 11.5 Å². The molecule has 7 heteroatoms. The number of aromatic nitrogens is 1. The Morgan fingerprint density at radius 3 is 2.57 bits per heavy atom. The second-order valence-electron chi connectivity index (χ2n) is 6.59. The summed E-state index contributed by atoms with van der Waals surface area (Å²) in [6.07, 6.45) is 3.77. The van der Waals surface area contributed by atoms with Crippen molar-refractivity contribution in [2.75, 3.05) is 16.4 Å². The van der Waals surface area contributed by atoms with Crippen LogP contribution in [0.1, 0.15) is 12.8 Å². The first-order valence-corrected chi connectivity index (χ1v) is 9.09. The summed E-state index contributed by atoms with van der Waals surface area (Å²) < 4.78 is 5.88. The lowest BCUT2D eigenvalue weighted by Crippen LogP contribution is -2.30. The van der Waals surface area contributed by atoms with Crippen LogP contribution < -0.4 is 26.4 Å². The number of nitrogens with one attached hydrogen (secondary N) is 3. The van der Waals surface area contributed by atoms with Gasteiger partial charge in [-0.05, 0) is 55.3 Å². The number of benzene rings is 2. The minimum atomic E-state index is -0.179. The van der Waals surface area contributed by atoms with E-state index in [1.165, 1.54) is 0 Å². The lowest BCUT2D eigenvalue weighted by molar-refractivity contribution is 0.251. The molecule has 0 saturated heterocycles. The molecule has 0 unspecified atom stereocenters. The first kappa shape index (κ1) is 17.7. The average Bonchev–Trinajstić information content (AvgIpc) is 3.49. The third-order valence-corrected chi connectivity index (χ3v) is 4.22. The fraction of sp³-hybridized carbons (Fsp3) is 0.143. The molecule has 1 aliphatic carbocycles. The SMILES string of the molecule is Nc1ccccc1Nc1cc(Oc2ccc(NC(=O)NC3CC3)cc2)ccn1. The molecule has 4 rings (SSSR count). The Balaban J connectivity index is 1.38. The number of anilines is 4. The number of nitrogens with two attached hydrogens (primary N) is 1. The Bertz CT molecular complexity index is 971. The topological polar surface area (TPSA) is 101 Å². The zero-order valence-corrected chi connectivity index (χ0v) is 15.2. The summed E-state index contributed by atoms with van der Waals surface area (Å²) in [5.41, 5.74) is 8.09. The molecule has 1 fully saturated rings. The van der Waals surface area contributed by atoms with Crippen molar-refractivity contribution in [1.29, 1.82) is 0 Å². The standard InChI is InChI=1S/C21H21N5O2/c22-18-3-1-2-4-19(18)26-20-13-17(11-12-23-20)28-16-9-7-15(8-10-16)25-21(27)24-14-5-6-14/h1-4,7-14H,5-6,22H2,(H,23,26)(H2,24,25,27). The van der Waals surface area contributed by atoms with Gasteiger partial charge in [0.15, 0.2) is 0 Å². The molecule has 2 amide bonds. The summed E-state index contributed by atoms with van der Waals surface area (Å²) in [5.74, 6) is 1.93. The van der Waals surface area contributed by atoms with Gasteiger partial charge >= 0.3 is 6.03 Å². The highest BCUT2D eigenvalue weighted by atomic mass is 16.5. The van der Waals surface area contributed by atoms with E-state index >= 15 is 0 Å². The molecule has 7 nitrogen and oxygen atoms in total. The second kappa shape index (κ2) is 7.87. The van der Waals surface area contributed by atoms with E-state index in [1.54, 1.807) is 42.6 Å². The van der Waals surface area contributed by atoms with Gasteiger partial charge < -0.3 is 26.4 Å². The highest BCUT2D eigenvalue weighted by Gasteiger charge is 2.23. The van der Waals surface area contributed by atoms with E-state index in [9.17, 15) is 4.79 Å². The smallest absolute Gasteiger partial charge is 0.319 e. The first-order chi connectivity index (χ1) is 13.7. The molecule has 1 aromatic heterocycles. The molecule has 1 heterocycles. The first-order valence-electron chi connectivity index (χ1n) is 9.09. The second-order valence-corrected chi connectivity index (χ2v) is 6.59. The lowest BCUT2D eigenvalue weighted by atomic mass is 10.2. The molecule has 0 aliphatic heterocycles. The number of carbonyl (C=O) groups is 1. The number of rotatable bonds is 6. The van der Waals surface area contributed by atoms with Gasteiger partial charge in [-0.25, -0.2) is 9.78 Å². The van der Waals surface area contributed by atoms with Gasteiger partial charge in [-0.15, -0.1) is 0 Å². The van der Waals surface area contributed by atoms with Crippen molar-refractivity contribution in [3.8, 4) is 11.5 Å². The highest BCUT2D eigenvalue weighted by molar-refractivity contribution is 5.89. The van der Waals surface area contributed by atoms with Crippen molar-refractivity contribution in [3.05, 3.63) is 66.9 Å². The summed E-state index contributed by atoms with van der Waals surface area (Å²) in [6.45, 7) is 0. The van der Waals surface area contributed by atoms with Gasteiger partial charge in [0.05, 0.1) is 11.4 Å². The number of pyridine rings is 1. The molecule has 0 spiro atoms. The largest absolute Gasteiger partial charge is 0.457 e. The minimum absolute atomic E-state index is 0.179. The zero-order chi connectivity index (χ0) is 19.3. The van der Waals surface area contributed by atoms with Gasteiger partial charge in [0.2, 0.25) is 0 Å². The number of amides is 2. The minimum Gasteiger partial charge on any atom is -0.457 e. The van der Waals surface area contributed by atoms with E-state index in [1.807, 2.05) is 24.3 Å². The lowest BCUT2D eigenvalue weighted by Gasteiger charge is -2.11. The number of nitrogens with zero attached hydrogens (tertiary/aromatic N) is 1. The number of hydrogen-bond acceptors (Lipinski definition) is 5. The van der Waals surface area contributed by atoms with E-state index in [0.717, 1.165) is 18.5 Å². The summed E-state index contributed by atoms with van der Waals surface area (Å²) in [7, 11) is 0.